The second-order valence-corrected chi connectivity index (χ2v) is 4.70. The first-order valence-electron chi connectivity index (χ1n) is 5.56. The van der Waals surface area contributed by atoms with Gasteiger partial charge in [0.05, 0.1) is 0 Å². The van der Waals surface area contributed by atoms with Gasteiger partial charge in [0.15, 0.2) is 0 Å². The fourth-order valence-electron chi connectivity index (χ4n) is 2.22. The minimum Gasteiger partial charge on any atom is -0.490 e. The Bertz CT molecular complexity index is 344. The highest BCUT2D eigenvalue weighted by molar-refractivity contribution is 5.43. The monoisotopic (exact) mass is 205 g/mol. The Morgan fingerprint density at radius 3 is 2.13 bits per heavy atom. The topological polar surface area (TPSA) is 35.2 Å². The number of nitrogens with two attached hydrogens (primary N) is 1. The third kappa shape index (κ3) is 2.15. The van der Waals surface area contributed by atoms with Gasteiger partial charge in [0, 0.05) is 6.04 Å². The molecule has 82 valence electrons. The first kappa shape index (κ1) is 10.5. The smallest absolute Gasteiger partial charge is 0.125 e. The highest BCUT2D eigenvalue weighted by Crippen LogP contribution is 2.30. The summed E-state index contributed by atoms with van der Waals surface area (Å²) in [5, 5.41) is 0. The van der Waals surface area contributed by atoms with Gasteiger partial charge in [-0.15, -0.1) is 0 Å². The molecule has 0 radical (unpaired) electrons. The zero-order valence-corrected chi connectivity index (χ0v) is 9.71. The molecule has 0 spiro atoms. The molecule has 0 heterocycles. The first-order chi connectivity index (χ1) is 7.06. The van der Waals surface area contributed by atoms with E-state index in [2.05, 4.69) is 32.9 Å². The highest BCUT2D eigenvalue weighted by Gasteiger charge is 2.28. The Balaban J connectivity index is 2.14. The molecule has 15 heavy (non-hydrogen) atoms. The number of hydrogen-bond donors (Lipinski definition) is 1. The molecule has 1 aromatic rings. The molecule has 0 amide bonds. The van der Waals surface area contributed by atoms with E-state index in [9.17, 15) is 0 Å². The third-order valence-electron chi connectivity index (χ3n) is 3.02. The minimum absolute atomic E-state index is 0.333. The number of aryl methyl sites for hydroxylation is 3. The van der Waals surface area contributed by atoms with E-state index in [0.29, 0.717) is 12.1 Å². The summed E-state index contributed by atoms with van der Waals surface area (Å²) in [6.45, 7) is 6.32. The molecule has 1 aliphatic carbocycles. The van der Waals surface area contributed by atoms with Crippen LogP contribution in [0.5, 0.6) is 5.75 Å². The number of hydrogen-bond acceptors (Lipinski definition) is 2. The van der Waals surface area contributed by atoms with Crippen molar-refractivity contribution in [2.24, 2.45) is 5.73 Å². The Hall–Kier alpha value is -1.02. The first-order valence-corrected chi connectivity index (χ1v) is 5.56. The maximum atomic E-state index is 5.96. The molecule has 0 atom stereocenters. The lowest BCUT2D eigenvalue weighted by molar-refractivity contribution is 0.0993. The SMILES string of the molecule is Cc1cc(C)c(OC2CC(N)C2)c(C)c1. The van der Waals surface area contributed by atoms with Crippen molar-refractivity contribution < 1.29 is 4.74 Å². The molecule has 2 nitrogen and oxygen atoms in total. The van der Waals surface area contributed by atoms with Crippen molar-refractivity contribution in [3.63, 3.8) is 0 Å². The van der Waals surface area contributed by atoms with E-state index in [-0.39, 0.29) is 0 Å². The molecule has 1 aromatic carbocycles. The average molecular weight is 205 g/mol. The summed E-state index contributed by atoms with van der Waals surface area (Å²) in [6, 6.07) is 4.68. The van der Waals surface area contributed by atoms with Crippen molar-refractivity contribution in [2.45, 2.75) is 45.8 Å². The van der Waals surface area contributed by atoms with E-state index in [1.165, 1.54) is 16.7 Å². The summed E-state index contributed by atoms with van der Waals surface area (Å²) in [7, 11) is 0. The summed E-state index contributed by atoms with van der Waals surface area (Å²) in [6.07, 6.45) is 2.32. The van der Waals surface area contributed by atoms with Crippen LogP contribution in [-0.2, 0) is 0 Å². The predicted molar refractivity (Wildman–Crippen MR) is 62.3 cm³/mol. The zero-order chi connectivity index (χ0) is 11.0. The van der Waals surface area contributed by atoms with Crippen LogP contribution >= 0.6 is 0 Å². The molecule has 1 aliphatic rings. The van der Waals surface area contributed by atoms with Gasteiger partial charge >= 0.3 is 0 Å². The van der Waals surface area contributed by atoms with Gasteiger partial charge in [-0.2, -0.15) is 0 Å². The second-order valence-electron chi connectivity index (χ2n) is 4.70. The summed E-state index contributed by atoms with van der Waals surface area (Å²) < 4.78 is 5.96. The van der Waals surface area contributed by atoms with E-state index < -0.39 is 0 Å². The number of ether oxygens (including phenoxy) is 1. The van der Waals surface area contributed by atoms with E-state index in [1.807, 2.05) is 0 Å². The standard InChI is InChI=1S/C13H19NO/c1-8-4-9(2)13(10(3)5-8)15-12-6-11(14)7-12/h4-5,11-12H,6-7,14H2,1-3H3. The molecule has 2 N–H and O–H groups in total. The Morgan fingerprint density at radius 1 is 1.13 bits per heavy atom. The largest absolute Gasteiger partial charge is 0.490 e. The molecule has 0 saturated heterocycles. The Labute approximate surface area is 91.4 Å². The molecule has 1 saturated carbocycles. The van der Waals surface area contributed by atoms with Crippen LogP contribution in [0.25, 0.3) is 0 Å². The molecule has 0 unspecified atom stereocenters. The molecular formula is C13H19NO. The lowest BCUT2D eigenvalue weighted by Gasteiger charge is -2.33. The Morgan fingerprint density at radius 2 is 1.67 bits per heavy atom. The molecule has 2 rings (SSSR count). The molecule has 1 fully saturated rings. The van der Waals surface area contributed by atoms with Crippen LogP contribution < -0.4 is 10.5 Å². The number of rotatable bonds is 2. The van der Waals surface area contributed by atoms with Crippen LogP contribution in [0.2, 0.25) is 0 Å². The molecule has 2 heteroatoms. The van der Waals surface area contributed by atoms with Crippen LogP contribution in [0.3, 0.4) is 0 Å². The van der Waals surface area contributed by atoms with Gasteiger partial charge in [0.1, 0.15) is 11.9 Å². The lowest BCUT2D eigenvalue weighted by Crippen LogP contribution is -2.43. The zero-order valence-electron chi connectivity index (χ0n) is 9.71. The summed E-state index contributed by atoms with van der Waals surface area (Å²) in [5.74, 6) is 1.05. The number of benzene rings is 1. The quantitative estimate of drug-likeness (QED) is 0.805. The summed E-state index contributed by atoms with van der Waals surface area (Å²) in [5.41, 5.74) is 9.50. The fourth-order valence-corrected chi connectivity index (χ4v) is 2.22. The summed E-state index contributed by atoms with van der Waals surface area (Å²) in [4.78, 5) is 0. The summed E-state index contributed by atoms with van der Waals surface area (Å²) >= 11 is 0. The van der Waals surface area contributed by atoms with Gasteiger partial charge in [-0.1, -0.05) is 17.7 Å². The normalized spacial score (nSPS) is 24.8. The molecule has 0 bridgehead atoms. The van der Waals surface area contributed by atoms with Gasteiger partial charge in [0.2, 0.25) is 0 Å². The van der Waals surface area contributed by atoms with E-state index in [1.54, 1.807) is 0 Å². The van der Waals surface area contributed by atoms with Gasteiger partial charge in [-0.25, -0.2) is 0 Å². The van der Waals surface area contributed by atoms with Crippen LogP contribution in [0, 0.1) is 20.8 Å². The maximum Gasteiger partial charge on any atom is 0.125 e. The lowest BCUT2D eigenvalue weighted by atomic mass is 9.90. The third-order valence-corrected chi connectivity index (χ3v) is 3.02. The fraction of sp³-hybridized carbons (Fsp3) is 0.538. The van der Waals surface area contributed by atoms with E-state index in [0.717, 1.165) is 18.6 Å². The van der Waals surface area contributed by atoms with Crippen LogP contribution in [0.4, 0.5) is 0 Å². The van der Waals surface area contributed by atoms with Crippen molar-refractivity contribution in [2.75, 3.05) is 0 Å². The average Bonchev–Trinajstić information content (AvgIpc) is 2.07. The predicted octanol–water partition coefficient (Wildman–Crippen LogP) is 2.48. The molecule has 0 aromatic heterocycles. The van der Waals surface area contributed by atoms with Gasteiger partial charge in [0.25, 0.3) is 0 Å². The Kier molecular flexibility index (Phi) is 2.70. The maximum absolute atomic E-state index is 5.96. The van der Waals surface area contributed by atoms with Crippen LogP contribution in [-0.4, -0.2) is 12.1 Å². The molecular weight excluding hydrogens is 186 g/mol. The minimum atomic E-state index is 0.333. The molecule has 0 aliphatic heterocycles. The van der Waals surface area contributed by atoms with Crippen molar-refractivity contribution in [1.82, 2.24) is 0 Å². The van der Waals surface area contributed by atoms with Gasteiger partial charge in [-0.05, 0) is 44.7 Å². The van der Waals surface area contributed by atoms with Crippen molar-refractivity contribution >= 4 is 0 Å². The second kappa shape index (κ2) is 3.86. The van der Waals surface area contributed by atoms with Crippen molar-refractivity contribution in [3.8, 4) is 5.75 Å². The van der Waals surface area contributed by atoms with E-state index >= 15 is 0 Å². The highest BCUT2D eigenvalue weighted by atomic mass is 16.5. The van der Waals surface area contributed by atoms with Crippen LogP contribution in [0.15, 0.2) is 12.1 Å². The van der Waals surface area contributed by atoms with Crippen molar-refractivity contribution in [3.05, 3.63) is 28.8 Å². The van der Waals surface area contributed by atoms with Crippen LogP contribution in [0.1, 0.15) is 29.5 Å². The van der Waals surface area contributed by atoms with E-state index in [4.69, 9.17) is 10.5 Å². The van der Waals surface area contributed by atoms with Gasteiger partial charge in [-0.3, -0.25) is 0 Å². The van der Waals surface area contributed by atoms with Crippen molar-refractivity contribution in [1.29, 1.82) is 0 Å². The van der Waals surface area contributed by atoms with Gasteiger partial charge < -0.3 is 10.5 Å².